The number of esters is 4. The Balaban J connectivity index is 2.16. The van der Waals surface area contributed by atoms with Gasteiger partial charge in [0, 0.05) is 32.7 Å². The topological polar surface area (TPSA) is 162 Å². The van der Waals surface area contributed by atoms with Crippen LogP contribution in [0.15, 0.2) is 34.2 Å². The van der Waals surface area contributed by atoms with E-state index in [1.807, 2.05) is 0 Å². The Bertz CT molecular complexity index is 1380. The van der Waals surface area contributed by atoms with Crippen molar-refractivity contribution in [3.63, 3.8) is 0 Å². The molecule has 0 aliphatic carbocycles. The van der Waals surface area contributed by atoms with Gasteiger partial charge in [-0.3, -0.25) is 24.0 Å². The normalized spacial score (nSPS) is 22.1. The molecule has 0 saturated carbocycles. The van der Waals surface area contributed by atoms with Gasteiger partial charge in [0.15, 0.2) is 35.4 Å². The van der Waals surface area contributed by atoms with Crippen molar-refractivity contribution in [3.05, 3.63) is 50.9 Å². The van der Waals surface area contributed by atoms with Crippen LogP contribution in [0.3, 0.4) is 0 Å². The van der Waals surface area contributed by atoms with Crippen LogP contribution < -0.4 is 5.56 Å². The number of carbonyl (C=O) groups excluding carboxylic acids is 4. The lowest BCUT2D eigenvalue weighted by Gasteiger charge is -2.44. The smallest absolute Gasteiger partial charge is 0.303 e. The molecule has 0 unspecified atom stereocenters. The summed E-state index contributed by atoms with van der Waals surface area (Å²) >= 11 is 6.98. The molecule has 0 bridgehead atoms. The first-order valence-corrected chi connectivity index (χ1v) is 13.8. The van der Waals surface area contributed by atoms with Gasteiger partial charge in [0.05, 0.1) is 0 Å². The van der Waals surface area contributed by atoms with Crippen LogP contribution in [0.5, 0.6) is 0 Å². The van der Waals surface area contributed by atoms with Crippen molar-refractivity contribution in [2.45, 2.75) is 63.5 Å². The van der Waals surface area contributed by atoms with Crippen molar-refractivity contribution in [1.29, 1.82) is 0 Å². The maximum Gasteiger partial charge on any atom is 0.303 e. The van der Waals surface area contributed by atoms with Crippen LogP contribution in [0.4, 0.5) is 0 Å². The Kier molecular flexibility index (Phi) is 11.0. The molecule has 1 aliphatic rings. The molecule has 13 nitrogen and oxygen atoms in total. The van der Waals surface area contributed by atoms with Crippen LogP contribution in [0.1, 0.15) is 45.2 Å². The maximum absolute atomic E-state index is 12.8. The minimum atomic E-state index is -1.43. The third kappa shape index (κ3) is 8.62. The lowest BCUT2D eigenvalue weighted by atomic mass is 9.97. The Morgan fingerprint density at radius 2 is 1.51 bits per heavy atom. The van der Waals surface area contributed by atoms with E-state index < -0.39 is 66.7 Å². The Labute approximate surface area is 244 Å². The predicted octanol–water partition coefficient (Wildman–Crippen LogP) is 2.44. The van der Waals surface area contributed by atoms with Crippen LogP contribution in [-0.2, 0) is 42.9 Å². The zero-order valence-corrected chi connectivity index (χ0v) is 24.3. The average Bonchev–Trinajstić information content (AvgIpc) is 2.89. The standard InChI is InChI=1S/C26H28ClN3O10S/c1-13(31)36-12-20-21(37-14(2)32)22(38-15(3)33)23(39-16(4)34)25(40-20)30-26(41-5)28-24(35)19(29-30)11-8-17-6-9-18(27)10-7-17/h6-11,20-23,25H,12H2,1-5H3/b11-8+/t20-,21-,22+,23-,25-/m1/s1. The highest BCUT2D eigenvalue weighted by molar-refractivity contribution is 7.98. The Morgan fingerprint density at radius 3 is 2.07 bits per heavy atom. The molecule has 1 fully saturated rings. The van der Waals surface area contributed by atoms with Gasteiger partial charge in [0.1, 0.15) is 12.7 Å². The largest absolute Gasteiger partial charge is 0.463 e. The number of ether oxygens (including phenoxy) is 5. The van der Waals surface area contributed by atoms with Crippen LogP contribution in [0.2, 0.25) is 5.02 Å². The van der Waals surface area contributed by atoms with Gasteiger partial charge in [-0.25, -0.2) is 4.68 Å². The average molecular weight is 610 g/mol. The molecule has 220 valence electrons. The molecule has 0 amide bonds. The van der Waals surface area contributed by atoms with E-state index in [1.165, 1.54) is 17.7 Å². The predicted molar refractivity (Wildman–Crippen MR) is 146 cm³/mol. The molecule has 5 atom stereocenters. The molecule has 0 spiro atoms. The summed E-state index contributed by atoms with van der Waals surface area (Å²) in [5.74, 6) is -2.96. The van der Waals surface area contributed by atoms with Gasteiger partial charge in [-0.2, -0.15) is 10.1 Å². The summed E-state index contributed by atoms with van der Waals surface area (Å²) in [7, 11) is 0. The minimum Gasteiger partial charge on any atom is -0.463 e. The van der Waals surface area contributed by atoms with Gasteiger partial charge in [-0.15, -0.1) is 0 Å². The van der Waals surface area contributed by atoms with E-state index >= 15 is 0 Å². The molecule has 3 rings (SSSR count). The van der Waals surface area contributed by atoms with Crippen LogP contribution in [0.25, 0.3) is 12.2 Å². The van der Waals surface area contributed by atoms with Crippen molar-refractivity contribution in [3.8, 4) is 0 Å². The number of carbonyl (C=O) groups is 4. The fraction of sp³-hybridized carbons (Fsp3) is 0.423. The third-order valence-corrected chi connectivity index (χ3v) is 6.42. The third-order valence-electron chi connectivity index (χ3n) is 5.52. The van der Waals surface area contributed by atoms with E-state index in [0.29, 0.717) is 5.02 Å². The van der Waals surface area contributed by atoms with Gasteiger partial charge < -0.3 is 23.7 Å². The summed E-state index contributed by atoms with van der Waals surface area (Å²) in [6, 6.07) is 6.83. The number of halogens is 1. The van der Waals surface area contributed by atoms with Crippen molar-refractivity contribution in [2.24, 2.45) is 0 Å². The molecule has 15 heteroatoms. The monoisotopic (exact) mass is 609 g/mol. The van der Waals surface area contributed by atoms with E-state index in [0.717, 1.165) is 38.1 Å². The summed E-state index contributed by atoms with van der Waals surface area (Å²) in [6.07, 6.45) is -2.06. The highest BCUT2D eigenvalue weighted by Crippen LogP contribution is 2.35. The molecule has 2 heterocycles. The molecule has 2 aromatic rings. The first-order chi connectivity index (χ1) is 19.4. The second-order valence-corrected chi connectivity index (χ2v) is 9.92. The summed E-state index contributed by atoms with van der Waals surface area (Å²) in [5, 5.41) is 5.03. The molecular formula is C26H28ClN3O10S. The van der Waals surface area contributed by atoms with Crippen molar-refractivity contribution in [1.82, 2.24) is 14.8 Å². The van der Waals surface area contributed by atoms with Crippen LogP contribution in [0, 0.1) is 0 Å². The lowest BCUT2D eigenvalue weighted by molar-refractivity contribution is -0.272. The second kappa shape index (κ2) is 14.2. The molecule has 0 N–H and O–H groups in total. The minimum absolute atomic E-state index is 0.0690. The Hall–Kier alpha value is -3.75. The zero-order valence-electron chi connectivity index (χ0n) is 22.8. The number of aromatic nitrogens is 3. The molecule has 41 heavy (non-hydrogen) atoms. The summed E-state index contributed by atoms with van der Waals surface area (Å²) in [4.78, 5) is 64.8. The molecule has 0 radical (unpaired) electrons. The van der Waals surface area contributed by atoms with Gasteiger partial charge in [0.2, 0.25) is 0 Å². The summed E-state index contributed by atoms with van der Waals surface area (Å²) < 4.78 is 28.9. The molecule has 1 aromatic heterocycles. The zero-order chi connectivity index (χ0) is 30.3. The quantitative estimate of drug-likeness (QED) is 0.232. The number of benzene rings is 1. The van der Waals surface area contributed by atoms with Crippen molar-refractivity contribution in [2.75, 3.05) is 12.9 Å². The van der Waals surface area contributed by atoms with Gasteiger partial charge in [0.25, 0.3) is 5.56 Å². The lowest BCUT2D eigenvalue weighted by Crippen LogP contribution is -2.61. The summed E-state index contributed by atoms with van der Waals surface area (Å²) in [6.45, 7) is 4.12. The molecule has 1 aromatic carbocycles. The van der Waals surface area contributed by atoms with E-state index in [-0.39, 0.29) is 10.9 Å². The SMILES string of the molecule is CSc1nc(=O)c(/C=C/c2ccc(Cl)cc2)nn1[C@@H]1O[C@H](COC(C)=O)[C@@H](OC(C)=O)[C@H](OC(C)=O)[C@H]1OC(C)=O. The van der Waals surface area contributed by atoms with E-state index in [4.69, 9.17) is 35.3 Å². The van der Waals surface area contributed by atoms with E-state index in [1.54, 1.807) is 36.6 Å². The van der Waals surface area contributed by atoms with E-state index in [2.05, 4.69) is 10.1 Å². The number of thioether (sulfide) groups is 1. The van der Waals surface area contributed by atoms with E-state index in [9.17, 15) is 24.0 Å². The first kappa shape index (κ1) is 31.8. The number of hydrogen-bond donors (Lipinski definition) is 0. The van der Waals surface area contributed by atoms with Gasteiger partial charge in [-0.1, -0.05) is 41.6 Å². The molecule has 1 saturated heterocycles. The number of hydrogen-bond acceptors (Lipinski definition) is 13. The molecular weight excluding hydrogens is 582 g/mol. The highest BCUT2D eigenvalue weighted by Gasteiger charge is 2.53. The van der Waals surface area contributed by atoms with Gasteiger partial charge in [-0.05, 0) is 30.0 Å². The first-order valence-electron chi connectivity index (χ1n) is 12.2. The number of rotatable bonds is 9. The molecule has 1 aliphatic heterocycles. The second-order valence-electron chi connectivity index (χ2n) is 8.71. The van der Waals surface area contributed by atoms with Gasteiger partial charge >= 0.3 is 23.9 Å². The summed E-state index contributed by atoms with van der Waals surface area (Å²) in [5.41, 5.74) is -0.0181. The highest BCUT2D eigenvalue weighted by atomic mass is 35.5. The van der Waals surface area contributed by atoms with Crippen LogP contribution in [-0.4, -0.2) is 75.9 Å². The Morgan fingerprint density at radius 1 is 0.927 bits per heavy atom. The van der Waals surface area contributed by atoms with Crippen LogP contribution >= 0.6 is 23.4 Å². The van der Waals surface area contributed by atoms with Crippen molar-refractivity contribution < 1.29 is 42.9 Å². The fourth-order valence-corrected chi connectivity index (χ4v) is 4.59. The fourth-order valence-electron chi connectivity index (χ4n) is 3.96. The van der Waals surface area contributed by atoms with Crippen molar-refractivity contribution >= 4 is 59.4 Å². The number of nitrogens with zero attached hydrogens (tertiary/aromatic N) is 3. The maximum atomic E-state index is 12.8.